The van der Waals surface area contributed by atoms with E-state index in [0.29, 0.717) is 27.6 Å². The average Bonchev–Trinajstić information content (AvgIpc) is 2.45. The summed E-state index contributed by atoms with van der Waals surface area (Å²) in [6, 6.07) is 8.16. The first-order chi connectivity index (χ1) is 9.97. The third-order valence-corrected chi connectivity index (χ3v) is 3.99. The fraction of sp³-hybridized carbons (Fsp3) is 0.250. The Balaban J connectivity index is 2.52. The fourth-order valence-corrected chi connectivity index (χ4v) is 2.83. The predicted molar refractivity (Wildman–Crippen MR) is 83.4 cm³/mol. The highest BCUT2D eigenvalue weighted by atomic mass is 35.5. The predicted octanol–water partition coefficient (Wildman–Crippen LogP) is 5.13. The summed E-state index contributed by atoms with van der Waals surface area (Å²) in [5.41, 5.74) is 2.11. The van der Waals surface area contributed by atoms with E-state index < -0.39 is 5.38 Å². The van der Waals surface area contributed by atoms with E-state index in [1.165, 1.54) is 26.4 Å². The van der Waals surface area contributed by atoms with Gasteiger partial charge in [-0.2, -0.15) is 0 Å². The van der Waals surface area contributed by atoms with Gasteiger partial charge in [0, 0.05) is 5.56 Å². The first-order valence-electron chi connectivity index (χ1n) is 6.29. The molecule has 21 heavy (non-hydrogen) atoms. The van der Waals surface area contributed by atoms with Gasteiger partial charge in [0.25, 0.3) is 0 Å². The van der Waals surface area contributed by atoms with Crippen LogP contribution in [-0.2, 0) is 0 Å². The maximum absolute atomic E-state index is 13.5. The summed E-state index contributed by atoms with van der Waals surface area (Å²) in [5, 5.41) is -0.228. The molecule has 2 nitrogen and oxygen atoms in total. The molecule has 1 unspecified atom stereocenters. The number of rotatable bonds is 4. The summed E-state index contributed by atoms with van der Waals surface area (Å²) >= 11 is 12.7. The van der Waals surface area contributed by atoms with E-state index in [-0.39, 0.29) is 5.82 Å². The highest BCUT2D eigenvalue weighted by molar-refractivity contribution is 6.34. The van der Waals surface area contributed by atoms with Crippen molar-refractivity contribution in [2.24, 2.45) is 0 Å². The third-order valence-electron chi connectivity index (χ3n) is 3.15. The van der Waals surface area contributed by atoms with E-state index >= 15 is 0 Å². The van der Waals surface area contributed by atoms with Crippen molar-refractivity contribution in [2.75, 3.05) is 14.2 Å². The molecule has 0 spiro atoms. The van der Waals surface area contributed by atoms with Crippen LogP contribution in [0.1, 0.15) is 22.1 Å². The SMILES string of the molecule is COc1ccc(C(Cl)c2cc(C)cc(F)c2)c(OC)c1Cl. The fourth-order valence-electron chi connectivity index (χ4n) is 2.21. The van der Waals surface area contributed by atoms with Gasteiger partial charge in [0.15, 0.2) is 0 Å². The summed E-state index contributed by atoms with van der Waals surface area (Å²) in [7, 11) is 3.03. The van der Waals surface area contributed by atoms with Crippen LogP contribution in [0.15, 0.2) is 30.3 Å². The molecule has 2 aromatic rings. The average molecular weight is 329 g/mol. The van der Waals surface area contributed by atoms with E-state index in [0.717, 1.165) is 5.56 Å². The summed E-state index contributed by atoms with van der Waals surface area (Å²) in [6.07, 6.45) is 0. The molecule has 0 aromatic heterocycles. The van der Waals surface area contributed by atoms with Crippen molar-refractivity contribution in [2.45, 2.75) is 12.3 Å². The molecule has 0 bridgehead atoms. The smallest absolute Gasteiger partial charge is 0.146 e. The molecule has 0 heterocycles. The highest BCUT2D eigenvalue weighted by Gasteiger charge is 2.21. The summed E-state index contributed by atoms with van der Waals surface area (Å²) in [5.74, 6) is 0.601. The van der Waals surface area contributed by atoms with Crippen LogP contribution in [0.25, 0.3) is 0 Å². The number of ether oxygens (including phenoxy) is 2. The molecule has 0 N–H and O–H groups in total. The number of alkyl halides is 1. The molecule has 2 rings (SSSR count). The monoisotopic (exact) mass is 328 g/mol. The number of benzene rings is 2. The Morgan fingerprint density at radius 3 is 2.38 bits per heavy atom. The molecule has 0 aliphatic carbocycles. The van der Waals surface area contributed by atoms with Crippen molar-refractivity contribution >= 4 is 23.2 Å². The van der Waals surface area contributed by atoms with Crippen molar-refractivity contribution in [1.82, 2.24) is 0 Å². The number of halogens is 3. The summed E-state index contributed by atoms with van der Waals surface area (Å²) < 4.78 is 24.0. The van der Waals surface area contributed by atoms with Crippen molar-refractivity contribution in [3.8, 4) is 11.5 Å². The zero-order chi connectivity index (χ0) is 15.6. The van der Waals surface area contributed by atoms with E-state index in [4.69, 9.17) is 32.7 Å². The lowest BCUT2D eigenvalue weighted by molar-refractivity contribution is 0.392. The lowest BCUT2D eigenvalue weighted by Gasteiger charge is -2.17. The van der Waals surface area contributed by atoms with E-state index in [2.05, 4.69) is 0 Å². The zero-order valence-electron chi connectivity index (χ0n) is 11.9. The van der Waals surface area contributed by atoms with Gasteiger partial charge < -0.3 is 9.47 Å². The Labute approximate surface area is 133 Å². The minimum absolute atomic E-state index is 0.325. The van der Waals surface area contributed by atoms with Crippen LogP contribution < -0.4 is 9.47 Å². The first-order valence-corrected chi connectivity index (χ1v) is 7.11. The minimum atomic E-state index is -0.572. The zero-order valence-corrected chi connectivity index (χ0v) is 13.4. The Hall–Kier alpha value is -1.45. The normalized spacial score (nSPS) is 12.1. The molecule has 0 fully saturated rings. The standard InChI is InChI=1S/C16H15Cl2FO2/c1-9-6-10(8-11(19)7-9)14(17)12-4-5-13(20-2)15(18)16(12)21-3/h4-8,14H,1-3H3. The van der Waals surface area contributed by atoms with Crippen LogP contribution >= 0.6 is 23.2 Å². The molecule has 0 radical (unpaired) electrons. The lowest BCUT2D eigenvalue weighted by atomic mass is 10.0. The maximum Gasteiger partial charge on any atom is 0.146 e. The van der Waals surface area contributed by atoms with Crippen molar-refractivity contribution in [1.29, 1.82) is 0 Å². The molecule has 0 amide bonds. The molecular formula is C16H15Cl2FO2. The Kier molecular flexibility index (Phi) is 4.96. The molecular weight excluding hydrogens is 314 g/mol. The number of aryl methyl sites for hydroxylation is 1. The Bertz CT molecular complexity index is 639. The van der Waals surface area contributed by atoms with E-state index in [1.54, 1.807) is 12.1 Å². The van der Waals surface area contributed by atoms with Gasteiger partial charge in [-0.25, -0.2) is 4.39 Å². The third kappa shape index (κ3) is 3.25. The van der Waals surface area contributed by atoms with Crippen LogP contribution in [0, 0.1) is 12.7 Å². The maximum atomic E-state index is 13.5. The first kappa shape index (κ1) is 15.9. The molecule has 0 aliphatic rings. The van der Waals surface area contributed by atoms with Gasteiger partial charge in [-0.3, -0.25) is 0 Å². The Morgan fingerprint density at radius 2 is 1.81 bits per heavy atom. The second-order valence-electron chi connectivity index (χ2n) is 4.63. The molecule has 1 atom stereocenters. The van der Waals surface area contributed by atoms with Gasteiger partial charge in [-0.15, -0.1) is 11.6 Å². The number of hydrogen-bond donors (Lipinski definition) is 0. The second-order valence-corrected chi connectivity index (χ2v) is 5.44. The van der Waals surface area contributed by atoms with Gasteiger partial charge in [0.05, 0.1) is 19.6 Å². The van der Waals surface area contributed by atoms with Crippen LogP contribution in [0.2, 0.25) is 5.02 Å². The van der Waals surface area contributed by atoms with Gasteiger partial charge in [0.1, 0.15) is 22.3 Å². The van der Waals surface area contributed by atoms with Gasteiger partial charge >= 0.3 is 0 Å². The van der Waals surface area contributed by atoms with Gasteiger partial charge in [0.2, 0.25) is 0 Å². The second kappa shape index (κ2) is 6.54. The molecule has 0 saturated carbocycles. The van der Waals surface area contributed by atoms with Crippen LogP contribution in [-0.4, -0.2) is 14.2 Å². The highest BCUT2D eigenvalue weighted by Crippen LogP contribution is 2.43. The Morgan fingerprint density at radius 1 is 1.10 bits per heavy atom. The minimum Gasteiger partial charge on any atom is -0.495 e. The van der Waals surface area contributed by atoms with Crippen LogP contribution in [0.5, 0.6) is 11.5 Å². The van der Waals surface area contributed by atoms with Crippen molar-refractivity contribution in [3.05, 3.63) is 57.9 Å². The van der Waals surface area contributed by atoms with Crippen molar-refractivity contribution < 1.29 is 13.9 Å². The lowest BCUT2D eigenvalue weighted by Crippen LogP contribution is -2.00. The number of methoxy groups -OCH3 is 2. The van der Waals surface area contributed by atoms with Crippen LogP contribution in [0.3, 0.4) is 0 Å². The number of hydrogen-bond acceptors (Lipinski definition) is 2. The van der Waals surface area contributed by atoms with Gasteiger partial charge in [-0.1, -0.05) is 17.7 Å². The van der Waals surface area contributed by atoms with E-state index in [9.17, 15) is 4.39 Å². The summed E-state index contributed by atoms with van der Waals surface area (Å²) in [4.78, 5) is 0. The molecule has 0 saturated heterocycles. The summed E-state index contributed by atoms with van der Waals surface area (Å²) in [6.45, 7) is 1.81. The van der Waals surface area contributed by atoms with Crippen LogP contribution in [0.4, 0.5) is 4.39 Å². The van der Waals surface area contributed by atoms with Gasteiger partial charge in [-0.05, 0) is 42.3 Å². The molecule has 5 heteroatoms. The molecule has 2 aromatic carbocycles. The molecule has 112 valence electrons. The van der Waals surface area contributed by atoms with Crippen molar-refractivity contribution in [3.63, 3.8) is 0 Å². The quantitative estimate of drug-likeness (QED) is 0.724. The largest absolute Gasteiger partial charge is 0.495 e. The van der Waals surface area contributed by atoms with E-state index in [1.807, 2.05) is 13.0 Å². The molecule has 0 aliphatic heterocycles. The topological polar surface area (TPSA) is 18.5 Å².